The summed E-state index contributed by atoms with van der Waals surface area (Å²) in [6.45, 7) is 4.10. The van der Waals surface area contributed by atoms with Gasteiger partial charge in [-0.1, -0.05) is 6.07 Å². The Kier molecular flexibility index (Phi) is 3.00. The van der Waals surface area contributed by atoms with E-state index in [2.05, 4.69) is 12.2 Å². The van der Waals surface area contributed by atoms with Gasteiger partial charge in [0.15, 0.2) is 0 Å². The van der Waals surface area contributed by atoms with Gasteiger partial charge in [0.25, 0.3) is 0 Å². The number of halogens is 1. The minimum absolute atomic E-state index is 0.163. The highest BCUT2D eigenvalue weighted by Crippen LogP contribution is 2.22. The summed E-state index contributed by atoms with van der Waals surface area (Å²) in [5, 5.41) is 3.14. The maximum Gasteiger partial charge on any atom is 0.148 e. The summed E-state index contributed by atoms with van der Waals surface area (Å²) in [6.07, 6.45) is 0. The Morgan fingerprint density at radius 1 is 0.941 bits per heavy atom. The van der Waals surface area contributed by atoms with Crippen molar-refractivity contribution in [1.29, 1.82) is 0 Å². The van der Waals surface area contributed by atoms with Gasteiger partial charge in [-0.3, -0.25) is 0 Å². The Morgan fingerprint density at radius 2 is 1.59 bits per heavy atom. The van der Waals surface area contributed by atoms with E-state index in [4.69, 9.17) is 5.73 Å². The normalized spacial score (nSPS) is 10.3. The number of hydrogen-bond acceptors (Lipinski definition) is 2. The van der Waals surface area contributed by atoms with Gasteiger partial charge in [0.05, 0.1) is 5.69 Å². The molecule has 0 bridgehead atoms. The number of nitrogens with two attached hydrogens (primary N) is 1. The number of aryl methyl sites for hydroxylation is 2. The summed E-state index contributed by atoms with van der Waals surface area (Å²) in [5.41, 5.74) is 9.66. The first-order valence-electron chi connectivity index (χ1n) is 5.45. The number of hydrogen-bond donors (Lipinski definition) is 2. The molecule has 2 aromatic carbocycles. The van der Waals surface area contributed by atoms with Crippen LogP contribution in [-0.2, 0) is 0 Å². The van der Waals surface area contributed by atoms with Crippen LogP contribution in [-0.4, -0.2) is 0 Å². The molecule has 17 heavy (non-hydrogen) atoms. The molecule has 0 aliphatic heterocycles. The van der Waals surface area contributed by atoms with Crippen molar-refractivity contribution < 1.29 is 4.39 Å². The van der Waals surface area contributed by atoms with Crippen molar-refractivity contribution in [2.45, 2.75) is 13.8 Å². The van der Waals surface area contributed by atoms with E-state index in [1.165, 1.54) is 17.2 Å². The summed E-state index contributed by atoms with van der Waals surface area (Å²) in [4.78, 5) is 0. The van der Waals surface area contributed by atoms with Crippen LogP contribution in [0.1, 0.15) is 11.1 Å². The molecule has 0 atom stereocenters. The minimum atomic E-state index is -0.404. The van der Waals surface area contributed by atoms with Gasteiger partial charge in [0.2, 0.25) is 0 Å². The lowest BCUT2D eigenvalue weighted by molar-refractivity contribution is 0.633. The first kappa shape index (κ1) is 11.5. The maximum absolute atomic E-state index is 13.3. The molecule has 0 heterocycles. The molecule has 0 aliphatic rings. The highest BCUT2D eigenvalue weighted by molar-refractivity contribution is 5.63. The Balaban J connectivity index is 2.25. The van der Waals surface area contributed by atoms with E-state index in [9.17, 15) is 4.39 Å². The van der Waals surface area contributed by atoms with E-state index in [0.717, 1.165) is 5.69 Å². The molecule has 0 saturated heterocycles. The minimum Gasteiger partial charge on any atom is -0.396 e. The second kappa shape index (κ2) is 4.45. The van der Waals surface area contributed by atoms with E-state index < -0.39 is 5.82 Å². The number of nitrogen functional groups attached to an aromatic ring is 1. The molecule has 0 aliphatic carbocycles. The number of rotatable bonds is 2. The van der Waals surface area contributed by atoms with Crippen molar-refractivity contribution in [1.82, 2.24) is 0 Å². The van der Waals surface area contributed by atoms with Gasteiger partial charge in [0.1, 0.15) is 5.82 Å². The fourth-order valence-corrected chi connectivity index (χ4v) is 1.59. The second-order valence-electron chi connectivity index (χ2n) is 4.16. The maximum atomic E-state index is 13.3. The van der Waals surface area contributed by atoms with Crippen LogP contribution in [0.15, 0.2) is 36.4 Å². The van der Waals surface area contributed by atoms with Gasteiger partial charge in [0, 0.05) is 11.4 Å². The summed E-state index contributed by atoms with van der Waals surface area (Å²) >= 11 is 0. The molecule has 3 N–H and O–H groups in total. The molecule has 0 aromatic heterocycles. The first-order valence-corrected chi connectivity index (χ1v) is 5.45. The monoisotopic (exact) mass is 230 g/mol. The molecular weight excluding hydrogens is 215 g/mol. The number of benzene rings is 2. The van der Waals surface area contributed by atoms with E-state index in [1.54, 1.807) is 12.1 Å². The van der Waals surface area contributed by atoms with Crippen molar-refractivity contribution in [2.24, 2.45) is 0 Å². The first-order chi connectivity index (χ1) is 8.06. The van der Waals surface area contributed by atoms with Crippen molar-refractivity contribution >= 4 is 17.1 Å². The van der Waals surface area contributed by atoms with Gasteiger partial charge >= 0.3 is 0 Å². The lowest BCUT2D eigenvalue weighted by atomic mass is 10.1. The van der Waals surface area contributed by atoms with Crippen LogP contribution in [0, 0.1) is 19.7 Å². The highest BCUT2D eigenvalue weighted by Gasteiger charge is 2.01. The average molecular weight is 230 g/mol. The average Bonchev–Trinajstić information content (AvgIpc) is 2.29. The molecule has 0 radical (unpaired) electrons. The molecule has 0 spiro atoms. The van der Waals surface area contributed by atoms with E-state index in [0.29, 0.717) is 5.69 Å². The molecule has 2 nitrogen and oxygen atoms in total. The van der Waals surface area contributed by atoms with Crippen LogP contribution in [0.3, 0.4) is 0 Å². The zero-order valence-electron chi connectivity index (χ0n) is 9.92. The molecular formula is C14H15FN2. The summed E-state index contributed by atoms with van der Waals surface area (Å²) in [6, 6.07) is 10.7. The Labute approximate surface area is 100 Å². The molecule has 2 rings (SSSR count). The largest absolute Gasteiger partial charge is 0.396 e. The Morgan fingerprint density at radius 3 is 2.24 bits per heavy atom. The van der Waals surface area contributed by atoms with Gasteiger partial charge in [-0.15, -0.1) is 0 Å². The third kappa shape index (κ3) is 2.56. The van der Waals surface area contributed by atoms with Crippen molar-refractivity contribution in [3.05, 3.63) is 53.3 Å². The van der Waals surface area contributed by atoms with Crippen LogP contribution in [0.25, 0.3) is 0 Å². The SMILES string of the molecule is Cc1ccc(Nc2ccc(N)c(F)c2)cc1C. The van der Waals surface area contributed by atoms with Crippen LogP contribution in [0.5, 0.6) is 0 Å². The third-order valence-corrected chi connectivity index (χ3v) is 2.80. The smallest absolute Gasteiger partial charge is 0.148 e. The number of nitrogens with one attached hydrogen (secondary N) is 1. The van der Waals surface area contributed by atoms with E-state index >= 15 is 0 Å². The highest BCUT2D eigenvalue weighted by atomic mass is 19.1. The molecule has 3 heteroatoms. The van der Waals surface area contributed by atoms with Gasteiger partial charge in [-0.25, -0.2) is 4.39 Å². The van der Waals surface area contributed by atoms with E-state index in [-0.39, 0.29) is 5.69 Å². The van der Waals surface area contributed by atoms with Crippen molar-refractivity contribution in [2.75, 3.05) is 11.1 Å². The fourth-order valence-electron chi connectivity index (χ4n) is 1.59. The van der Waals surface area contributed by atoms with E-state index in [1.807, 2.05) is 25.1 Å². The molecule has 88 valence electrons. The lowest BCUT2D eigenvalue weighted by Gasteiger charge is -2.09. The summed E-state index contributed by atoms with van der Waals surface area (Å²) in [7, 11) is 0. The lowest BCUT2D eigenvalue weighted by Crippen LogP contribution is -1.95. The standard InChI is InChI=1S/C14H15FN2/c1-9-3-4-11(7-10(9)2)17-12-5-6-14(16)13(15)8-12/h3-8,17H,16H2,1-2H3. The van der Waals surface area contributed by atoms with Crippen LogP contribution in [0.2, 0.25) is 0 Å². The Hall–Kier alpha value is -2.03. The summed E-state index contributed by atoms with van der Waals surface area (Å²) < 4.78 is 13.3. The summed E-state index contributed by atoms with van der Waals surface area (Å²) in [5.74, 6) is -0.404. The van der Waals surface area contributed by atoms with Crippen molar-refractivity contribution in [3.63, 3.8) is 0 Å². The molecule has 0 unspecified atom stereocenters. The Bertz CT molecular complexity index is 500. The zero-order valence-corrected chi connectivity index (χ0v) is 9.92. The zero-order chi connectivity index (χ0) is 12.4. The topological polar surface area (TPSA) is 38.0 Å². The molecule has 0 amide bonds. The van der Waals surface area contributed by atoms with Crippen LogP contribution < -0.4 is 11.1 Å². The predicted molar refractivity (Wildman–Crippen MR) is 70.0 cm³/mol. The predicted octanol–water partition coefficient (Wildman–Crippen LogP) is 3.77. The molecule has 0 saturated carbocycles. The van der Waals surface area contributed by atoms with Gasteiger partial charge < -0.3 is 11.1 Å². The van der Waals surface area contributed by atoms with Crippen LogP contribution in [0.4, 0.5) is 21.5 Å². The quantitative estimate of drug-likeness (QED) is 0.771. The van der Waals surface area contributed by atoms with Crippen molar-refractivity contribution in [3.8, 4) is 0 Å². The number of anilines is 3. The van der Waals surface area contributed by atoms with Gasteiger partial charge in [-0.05, 0) is 55.3 Å². The van der Waals surface area contributed by atoms with Gasteiger partial charge in [-0.2, -0.15) is 0 Å². The third-order valence-electron chi connectivity index (χ3n) is 2.80. The molecule has 0 fully saturated rings. The van der Waals surface area contributed by atoms with Crippen LogP contribution >= 0.6 is 0 Å². The molecule has 2 aromatic rings. The second-order valence-corrected chi connectivity index (χ2v) is 4.16. The fraction of sp³-hybridized carbons (Fsp3) is 0.143.